The van der Waals surface area contributed by atoms with Gasteiger partial charge in [0.15, 0.2) is 6.10 Å². The third kappa shape index (κ3) is 4.73. The fourth-order valence-electron chi connectivity index (χ4n) is 2.03. The molecule has 24 heavy (non-hydrogen) atoms. The van der Waals surface area contributed by atoms with Crippen LogP contribution in [0.5, 0.6) is 5.75 Å². The molecule has 0 spiro atoms. The summed E-state index contributed by atoms with van der Waals surface area (Å²) < 4.78 is 5.66. The van der Waals surface area contributed by atoms with E-state index < -0.39 is 6.10 Å². The molecule has 0 heterocycles. The lowest BCUT2D eigenvalue weighted by Gasteiger charge is -2.15. The summed E-state index contributed by atoms with van der Waals surface area (Å²) in [5.41, 5.74) is 4.74. The van der Waals surface area contributed by atoms with E-state index in [1.54, 1.807) is 38.1 Å². The highest BCUT2D eigenvalue weighted by atomic mass is 35.5. The summed E-state index contributed by atoms with van der Waals surface area (Å²) >= 11 is 12.0. The van der Waals surface area contributed by atoms with Crippen LogP contribution in [0.15, 0.2) is 47.6 Å². The van der Waals surface area contributed by atoms with Crippen molar-refractivity contribution in [3.8, 4) is 5.75 Å². The fourth-order valence-corrected chi connectivity index (χ4v) is 2.53. The van der Waals surface area contributed by atoms with E-state index in [9.17, 15) is 4.79 Å². The summed E-state index contributed by atoms with van der Waals surface area (Å²) in [5, 5.41) is 5.29. The molecule has 4 nitrogen and oxygen atoms in total. The van der Waals surface area contributed by atoms with Crippen LogP contribution in [0.4, 0.5) is 0 Å². The Hall–Kier alpha value is -2.04. The van der Waals surface area contributed by atoms with E-state index in [4.69, 9.17) is 27.9 Å². The van der Waals surface area contributed by atoms with Crippen molar-refractivity contribution < 1.29 is 9.53 Å². The summed E-state index contributed by atoms with van der Waals surface area (Å²) in [6.07, 6.45) is -0.701. The zero-order valence-electron chi connectivity index (χ0n) is 13.6. The molecule has 126 valence electrons. The van der Waals surface area contributed by atoms with Crippen LogP contribution < -0.4 is 10.2 Å². The number of hydrogen-bond acceptors (Lipinski definition) is 3. The smallest absolute Gasteiger partial charge is 0.280 e. The normalized spacial score (nSPS) is 12.6. The van der Waals surface area contributed by atoms with Crippen molar-refractivity contribution in [2.45, 2.75) is 26.9 Å². The molecule has 0 bridgehead atoms. The van der Waals surface area contributed by atoms with Crippen molar-refractivity contribution in [2.24, 2.45) is 5.10 Å². The number of aryl methyl sites for hydroxylation is 1. The van der Waals surface area contributed by atoms with Crippen molar-refractivity contribution in [1.82, 2.24) is 5.43 Å². The van der Waals surface area contributed by atoms with Crippen LogP contribution in [0, 0.1) is 6.92 Å². The molecule has 0 aromatic heterocycles. The van der Waals surface area contributed by atoms with Gasteiger partial charge in [0, 0.05) is 15.6 Å². The Morgan fingerprint density at radius 2 is 1.92 bits per heavy atom. The third-order valence-electron chi connectivity index (χ3n) is 3.41. The van der Waals surface area contributed by atoms with Crippen LogP contribution in [-0.2, 0) is 4.79 Å². The second-order valence-electron chi connectivity index (χ2n) is 5.32. The maximum atomic E-state index is 12.1. The predicted molar refractivity (Wildman–Crippen MR) is 98.1 cm³/mol. The van der Waals surface area contributed by atoms with Crippen LogP contribution >= 0.6 is 23.2 Å². The standard InChI is InChI=1S/C18H18Cl2N2O2/c1-11-10-14(19)8-9-17(11)24-13(3)18(23)22-21-12(2)15-6-4-5-7-16(15)20/h4-10,13H,1-3H3,(H,22,23)/b21-12+. The topological polar surface area (TPSA) is 50.7 Å². The van der Waals surface area contributed by atoms with Gasteiger partial charge < -0.3 is 4.74 Å². The first-order chi connectivity index (χ1) is 11.4. The average molecular weight is 365 g/mol. The van der Waals surface area contributed by atoms with Crippen molar-refractivity contribution in [1.29, 1.82) is 0 Å². The molecular formula is C18H18Cl2N2O2. The Kier molecular flexibility index (Phi) is 6.23. The Morgan fingerprint density at radius 3 is 2.58 bits per heavy atom. The van der Waals surface area contributed by atoms with E-state index in [0.717, 1.165) is 11.1 Å². The maximum Gasteiger partial charge on any atom is 0.280 e. The monoisotopic (exact) mass is 364 g/mol. The van der Waals surface area contributed by atoms with Gasteiger partial charge in [0.05, 0.1) is 5.71 Å². The van der Waals surface area contributed by atoms with Gasteiger partial charge in [-0.25, -0.2) is 5.43 Å². The number of ether oxygens (including phenoxy) is 1. The number of halogens is 2. The molecule has 0 saturated heterocycles. The molecular weight excluding hydrogens is 347 g/mol. The summed E-state index contributed by atoms with van der Waals surface area (Å²) in [6, 6.07) is 12.5. The van der Waals surface area contributed by atoms with Crippen LogP contribution in [0.2, 0.25) is 10.0 Å². The molecule has 1 N–H and O–H groups in total. The van der Waals surface area contributed by atoms with E-state index in [2.05, 4.69) is 10.5 Å². The molecule has 0 fully saturated rings. The number of amides is 1. The zero-order valence-corrected chi connectivity index (χ0v) is 15.2. The van der Waals surface area contributed by atoms with Crippen LogP contribution in [0.3, 0.4) is 0 Å². The van der Waals surface area contributed by atoms with E-state index in [1.165, 1.54) is 0 Å². The number of nitrogens with zero attached hydrogens (tertiary/aromatic N) is 1. The number of benzene rings is 2. The van der Waals surface area contributed by atoms with Gasteiger partial charge in [0.25, 0.3) is 5.91 Å². The maximum absolute atomic E-state index is 12.1. The van der Waals surface area contributed by atoms with Crippen molar-refractivity contribution >= 4 is 34.8 Å². The molecule has 1 amide bonds. The zero-order chi connectivity index (χ0) is 17.7. The first-order valence-corrected chi connectivity index (χ1v) is 8.16. The van der Waals surface area contributed by atoms with Crippen molar-refractivity contribution in [3.05, 3.63) is 63.6 Å². The van der Waals surface area contributed by atoms with Crippen molar-refractivity contribution in [2.75, 3.05) is 0 Å². The van der Waals surface area contributed by atoms with E-state index in [1.807, 2.05) is 25.1 Å². The molecule has 1 unspecified atom stereocenters. The lowest BCUT2D eigenvalue weighted by atomic mass is 10.1. The van der Waals surface area contributed by atoms with E-state index >= 15 is 0 Å². The van der Waals surface area contributed by atoms with E-state index in [-0.39, 0.29) is 5.91 Å². The SMILES string of the molecule is C/C(=N\NC(=O)C(C)Oc1ccc(Cl)cc1C)c1ccccc1Cl. The minimum atomic E-state index is -0.701. The van der Waals surface area contributed by atoms with Gasteiger partial charge in [-0.2, -0.15) is 5.10 Å². The second-order valence-corrected chi connectivity index (χ2v) is 6.17. The molecule has 2 rings (SSSR count). The van der Waals surface area contributed by atoms with E-state index in [0.29, 0.717) is 21.5 Å². The van der Waals surface area contributed by atoms with Crippen LogP contribution in [-0.4, -0.2) is 17.7 Å². The van der Waals surface area contributed by atoms with Crippen molar-refractivity contribution in [3.63, 3.8) is 0 Å². The summed E-state index contributed by atoms with van der Waals surface area (Å²) in [6.45, 7) is 5.30. The Morgan fingerprint density at radius 1 is 1.21 bits per heavy atom. The fraction of sp³-hybridized carbons (Fsp3) is 0.222. The first kappa shape index (κ1) is 18.3. The minimum Gasteiger partial charge on any atom is -0.481 e. The molecule has 6 heteroatoms. The lowest BCUT2D eigenvalue weighted by molar-refractivity contribution is -0.127. The van der Waals surface area contributed by atoms with Gasteiger partial charge in [0.2, 0.25) is 0 Å². The minimum absolute atomic E-state index is 0.351. The highest BCUT2D eigenvalue weighted by Gasteiger charge is 2.15. The first-order valence-electron chi connectivity index (χ1n) is 7.40. The van der Waals surface area contributed by atoms with Crippen LogP contribution in [0.25, 0.3) is 0 Å². The number of carbonyl (C=O) groups excluding carboxylic acids is 1. The average Bonchev–Trinajstić information content (AvgIpc) is 2.55. The molecule has 0 radical (unpaired) electrons. The van der Waals surface area contributed by atoms with Gasteiger partial charge in [-0.05, 0) is 50.6 Å². The molecule has 0 aliphatic carbocycles. The predicted octanol–water partition coefficient (Wildman–Crippen LogP) is 4.61. The number of hydrogen-bond donors (Lipinski definition) is 1. The third-order valence-corrected chi connectivity index (χ3v) is 3.97. The van der Waals surface area contributed by atoms with Gasteiger partial charge in [-0.15, -0.1) is 0 Å². The Bertz CT molecular complexity index is 775. The van der Waals surface area contributed by atoms with Gasteiger partial charge in [0.1, 0.15) is 5.75 Å². The number of nitrogens with one attached hydrogen (secondary N) is 1. The Labute approximate surface area is 151 Å². The second kappa shape index (κ2) is 8.18. The molecule has 0 saturated carbocycles. The summed E-state index contributed by atoms with van der Waals surface area (Å²) in [7, 11) is 0. The number of rotatable bonds is 5. The number of hydrazone groups is 1. The molecule has 1 atom stereocenters. The number of carbonyl (C=O) groups is 1. The van der Waals surface area contributed by atoms with Gasteiger partial charge in [-0.1, -0.05) is 41.4 Å². The highest BCUT2D eigenvalue weighted by molar-refractivity contribution is 6.34. The quantitative estimate of drug-likeness (QED) is 0.621. The molecule has 0 aliphatic heterocycles. The van der Waals surface area contributed by atoms with Gasteiger partial charge in [-0.3, -0.25) is 4.79 Å². The molecule has 2 aromatic rings. The summed E-state index contributed by atoms with van der Waals surface area (Å²) in [4.78, 5) is 12.1. The molecule has 2 aromatic carbocycles. The Balaban J connectivity index is 2.01. The van der Waals surface area contributed by atoms with Crippen LogP contribution in [0.1, 0.15) is 25.0 Å². The highest BCUT2D eigenvalue weighted by Crippen LogP contribution is 2.22. The largest absolute Gasteiger partial charge is 0.481 e. The lowest BCUT2D eigenvalue weighted by Crippen LogP contribution is -2.34. The summed E-state index contributed by atoms with van der Waals surface area (Å²) in [5.74, 6) is 0.254. The molecule has 0 aliphatic rings. The van der Waals surface area contributed by atoms with Gasteiger partial charge >= 0.3 is 0 Å².